The number of thioether (sulfide) groups is 1. The summed E-state index contributed by atoms with van der Waals surface area (Å²) in [6.45, 7) is 8.16. The third kappa shape index (κ3) is 4.54. The van der Waals surface area contributed by atoms with Crippen LogP contribution in [0, 0.1) is 13.8 Å². The van der Waals surface area contributed by atoms with Crippen molar-refractivity contribution in [1.29, 1.82) is 0 Å². The number of aromatic nitrogens is 3. The van der Waals surface area contributed by atoms with Crippen molar-refractivity contribution < 1.29 is 9.53 Å². The summed E-state index contributed by atoms with van der Waals surface area (Å²) in [5, 5.41) is 9.25. The van der Waals surface area contributed by atoms with Crippen molar-refractivity contribution in [3.05, 3.63) is 81.0 Å². The summed E-state index contributed by atoms with van der Waals surface area (Å²) in [7, 11) is 0. The molecule has 4 rings (SSSR count). The van der Waals surface area contributed by atoms with E-state index in [2.05, 4.69) is 42.3 Å². The summed E-state index contributed by atoms with van der Waals surface area (Å²) < 4.78 is 7.10. The lowest BCUT2D eigenvalue weighted by molar-refractivity contribution is -0.139. The molecule has 1 aromatic heterocycles. The van der Waals surface area contributed by atoms with E-state index in [4.69, 9.17) is 21.4 Å². The van der Waals surface area contributed by atoms with E-state index in [1.807, 2.05) is 31.2 Å². The van der Waals surface area contributed by atoms with Gasteiger partial charge in [-0.3, -0.25) is 0 Å². The van der Waals surface area contributed by atoms with Gasteiger partial charge in [-0.1, -0.05) is 59.3 Å². The maximum atomic E-state index is 12.8. The molecule has 0 bridgehead atoms. The van der Waals surface area contributed by atoms with Gasteiger partial charge in [-0.15, -0.1) is 5.10 Å². The number of rotatable bonds is 6. The molecule has 0 fully saturated rings. The molecular formula is C24H25ClN4O2S. The zero-order valence-electron chi connectivity index (χ0n) is 18.5. The van der Waals surface area contributed by atoms with Gasteiger partial charge in [-0.05, 0) is 56.5 Å². The zero-order valence-corrected chi connectivity index (χ0v) is 20.0. The predicted octanol–water partition coefficient (Wildman–Crippen LogP) is 5.69. The molecule has 0 radical (unpaired) electrons. The molecule has 3 aromatic rings. The molecule has 0 amide bonds. The number of hydrogen-bond donors (Lipinski definition) is 1. The highest BCUT2D eigenvalue weighted by atomic mass is 35.5. The molecule has 8 heteroatoms. The molecule has 32 heavy (non-hydrogen) atoms. The standard InChI is InChI=1S/C24H25ClN4O2S/c1-5-31-22(30)20-16(4)26-23-27-24(32-13-18-7-6-14(2)12-15(18)3)28-29(23)21(20)17-8-10-19(25)11-9-17/h6-12,21H,5,13H2,1-4H3,(H,26,27,28). The van der Waals surface area contributed by atoms with Crippen molar-refractivity contribution in [2.75, 3.05) is 11.9 Å². The third-order valence-corrected chi connectivity index (χ3v) is 6.51. The van der Waals surface area contributed by atoms with Crippen LogP contribution in [0.5, 0.6) is 0 Å². The van der Waals surface area contributed by atoms with Gasteiger partial charge in [0.1, 0.15) is 6.04 Å². The van der Waals surface area contributed by atoms with Crippen LogP contribution in [-0.4, -0.2) is 27.3 Å². The largest absolute Gasteiger partial charge is 0.463 e. The molecule has 0 saturated heterocycles. The summed E-state index contributed by atoms with van der Waals surface area (Å²) in [5.41, 5.74) is 5.84. The Kier molecular flexibility index (Phi) is 6.58. The maximum Gasteiger partial charge on any atom is 0.338 e. The molecule has 2 aromatic carbocycles. The number of nitrogens with zero attached hydrogens (tertiary/aromatic N) is 3. The van der Waals surface area contributed by atoms with Gasteiger partial charge in [-0.25, -0.2) is 9.48 Å². The molecular weight excluding hydrogens is 444 g/mol. The van der Waals surface area contributed by atoms with E-state index in [1.165, 1.54) is 16.7 Å². The second-order valence-corrected chi connectivity index (χ2v) is 9.10. The van der Waals surface area contributed by atoms with Crippen LogP contribution in [0.4, 0.5) is 5.95 Å². The highest BCUT2D eigenvalue weighted by Gasteiger charge is 2.35. The summed E-state index contributed by atoms with van der Waals surface area (Å²) >= 11 is 7.67. The van der Waals surface area contributed by atoms with E-state index < -0.39 is 6.04 Å². The normalized spacial score (nSPS) is 15.3. The van der Waals surface area contributed by atoms with Gasteiger partial charge in [0.25, 0.3) is 0 Å². The Morgan fingerprint density at radius 2 is 1.94 bits per heavy atom. The van der Waals surface area contributed by atoms with Gasteiger partial charge in [0, 0.05) is 16.5 Å². The minimum atomic E-state index is -0.453. The minimum absolute atomic E-state index is 0.296. The number of aryl methyl sites for hydroxylation is 2. The van der Waals surface area contributed by atoms with Crippen LogP contribution >= 0.6 is 23.4 Å². The van der Waals surface area contributed by atoms with E-state index in [0.29, 0.717) is 34.0 Å². The third-order valence-electron chi connectivity index (χ3n) is 5.37. The molecule has 1 unspecified atom stereocenters. The monoisotopic (exact) mass is 468 g/mol. The number of hydrogen-bond acceptors (Lipinski definition) is 6. The van der Waals surface area contributed by atoms with Crippen molar-refractivity contribution in [1.82, 2.24) is 14.8 Å². The SMILES string of the molecule is CCOC(=O)C1=C(C)Nc2nc(SCc3ccc(C)cc3C)nn2C1c1ccc(Cl)cc1. The van der Waals surface area contributed by atoms with E-state index in [0.717, 1.165) is 11.3 Å². The molecule has 1 aliphatic heterocycles. The number of carbonyl (C=O) groups excluding carboxylic acids is 1. The van der Waals surface area contributed by atoms with Crippen molar-refractivity contribution in [2.24, 2.45) is 0 Å². The smallest absolute Gasteiger partial charge is 0.338 e. The zero-order chi connectivity index (χ0) is 22.8. The van der Waals surface area contributed by atoms with Gasteiger partial charge in [-0.2, -0.15) is 4.98 Å². The lowest BCUT2D eigenvalue weighted by Gasteiger charge is -2.28. The second-order valence-electron chi connectivity index (χ2n) is 7.72. The molecule has 2 heterocycles. The van der Waals surface area contributed by atoms with Crippen molar-refractivity contribution in [2.45, 2.75) is 44.6 Å². The average Bonchev–Trinajstić information content (AvgIpc) is 3.15. The number of carbonyl (C=O) groups is 1. The van der Waals surface area contributed by atoms with E-state index in [1.54, 1.807) is 23.4 Å². The van der Waals surface area contributed by atoms with Crippen LogP contribution in [0.3, 0.4) is 0 Å². The molecule has 0 aliphatic carbocycles. The number of halogens is 1. The first-order valence-electron chi connectivity index (χ1n) is 10.4. The van der Waals surface area contributed by atoms with Gasteiger partial charge in [0.2, 0.25) is 11.1 Å². The summed E-state index contributed by atoms with van der Waals surface area (Å²) in [6.07, 6.45) is 0. The summed E-state index contributed by atoms with van der Waals surface area (Å²) in [5.74, 6) is 0.986. The Hall–Kier alpha value is -2.77. The first-order chi connectivity index (χ1) is 15.4. The first kappa shape index (κ1) is 22.4. The van der Waals surface area contributed by atoms with Crippen LogP contribution in [0.25, 0.3) is 0 Å². The van der Waals surface area contributed by atoms with Gasteiger partial charge in [0.15, 0.2) is 0 Å². The Morgan fingerprint density at radius 1 is 1.19 bits per heavy atom. The second kappa shape index (κ2) is 9.38. The number of allylic oxidation sites excluding steroid dienone is 1. The number of fused-ring (bicyclic) bond motifs is 1. The fourth-order valence-corrected chi connectivity index (χ4v) is 4.80. The van der Waals surface area contributed by atoms with Gasteiger partial charge < -0.3 is 10.1 Å². The number of nitrogens with one attached hydrogen (secondary N) is 1. The quantitative estimate of drug-likeness (QED) is 0.370. The minimum Gasteiger partial charge on any atom is -0.463 e. The molecule has 1 aliphatic rings. The summed E-state index contributed by atoms with van der Waals surface area (Å²) in [4.78, 5) is 17.5. The van der Waals surface area contributed by atoms with Crippen LogP contribution < -0.4 is 5.32 Å². The Morgan fingerprint density at radius 3 is 2.62 bits per heavy atom. The maximum absolute atomic E-state index is 12.8. The molecule has 0 spiro atoms. The molecule has 6 nitrogen and oxygen atoms in total. The Labute approximate surface area is 197 Å². The highest BCUT2D eigenvalue weighted by molar-refractivity contribution is 7.98. The molecule has 0 saturated carbocycles. The van der Waals surface area contributed by atoms with Crippen molar-refractivity contribution in [3.63, 3.8) is 0 Å². The van der Waals surface area contributed by atoms with E-state index in [9.17, 15) is 4.79 Å². The lowest BCUT2D eigenvalue weighted by Crippen LogP contribution is -2.29. The van der Waals surface area contributed by atoms with Crippen LogP contribution in [0.15, 0.2) is 58.9 Å². The topological polar surface area (TPSA) is 69.0 Å². The Bertz CT molecular complexity index is 1190. The van der Waals surface area contributed by atoms with Crippen LogP contribution in [0.2, 0.25) is 5.02 Å². The summed E-state index contributed by atoms with van der Waals surface area (Å²) in [6, 6.07) is 13.4. The Balaban J connectivity index is 1.68. The predicted molar refractivity (Wildman–Crippen MR) is 128 cm³/mol. The highest BCUT2D eigenvalue weighted by Crippen LogP contribution is 2.37. The fourth-order valence-electron chi connectivity index (χ4n) is 3.77. The fraction of sp³-hybridized carbons (Fsp3) is 0.292. The number of esters is 1. The van der Waals surface area contributed by atoms with Crippen molar-refractivity contribution >= 4 is 35.3 Å². The molecule has 1 atom stereocenters. The van der Waals surface area contributed by atoms with Crippen LogP contribution in [-0.2, 0) is 15.3 Å². The van der Waals surface area contributed by atoms with Gasteiger partial charge in [0.05, 0.1) is 12.2 Å². The van der Waals surface area contributed by atoms with Crippen LogP contribution in [0.1, 0.15) is 42.1 Å². The van der Waals surface area contributed by atoms with E-state index >= 15 is 0 Å². The lowest BCUT2D eigenvalue weighted by atomic mass is 9.96. The number of ether oxygens (including phenoxy) is 1. The molecule has 1 N–H and O–H groups in total. The average molecular weight is 469 g/mol. The molecule has 166 valence electrons. The number of benzene rings is 2. The van der Waals surface area contributed by atoms with E-state index in [-0.39, 0.29) is 5.97 Å². The van der Waals surface area contributed by atoms with Gasteiger partial charge >= 0.3 is 5.97 Å². The number of anilines is 1. The van der Waals surface area contributed by atoms with Crippen molar-refractivity contribution in [3.8, 4) is 0 Å². The first-order valence-corrected chi connectivity index (χ1v) is 11.8.